The Labute approximate surface area is 152 Å². The average molecular weight is 375 g/mol. The molecule has 0 bridgehead atoms. The second kappa shape index (κ2) is 7.34. The Bertz CT molecular complexity index is 863. The third kappa shape index (κ3) is 3.89. The summed E-state index contributed by atoms with van der Waals surface area (Å²) in [5.41, 5.74) is 3.30. The molecule has 0 saturated carbocycles. The van der Waals surface area contributed by atoms with E-state index in [-0.39, 0.29) is 12.3 Å². The first-order chi connectivity index (χ1) is 12.3. The van der Waals surface area contributed by atoms with Gasteiger partial charge in [-0.2, -0.15) is 5.10 Å². The van der Waals surface area contributed by atoms with Gasteiger partial charge in [0.2, 0.25) is 5.91 Å². The number of morpholine rings is 1. The lowest BCUT2D eigenvalue weighted by Crippen LogP contribution is -2.35. The van der Waals surface area contributed by atoms with E-state index in [1.807, 2.05) is 28.2 Å². The van der Waals surface area contributed by atoms with Crippen LogP contribution in [0.4, 0.5) is 5.00 Å². The van der Waals surface area contributed by atoms with E-state index < -0.39 is 0 Å². The zero-order valence-electron chi connectivity index (χ0n) is 13.4. The molecule has 0 radical (unpaired) electrons. The molecule has 130 valence electrons. The molecule has 4 rings (SSSR count). The van der Waals surface area contributed by atoms with Crippen molar-refractivity contribution in [1.82, 2.24) is 14.8 Å². The molecule has 0 spiro atoms. The maximum Gasteiger partial charge on any atom is 0.246 e. The first-order valence-electron chi connectivity index (χ1n) is 7.93. The summed E-state index contributed by atoms with van der Waals surface area (Å²) in [6.07, 6.45) is 5.69. The van der Waals surface area contributed by atoms with E-state index in [0.717, 1.165) is 41.8 Å². The number of hydrazone groups is 1. The van der Waals surface area contributed by atoms with Crippen molar-refractivity contribution >= 4 is 44.8 Å². The van der Waals surface area contributed by atoms with Gasteiger partial charge >= 0.3 is 0 Å². The van der Waals surface area contributed by atoms with Gasteiger partial charge in [0.25, 0.3) is 0 Å². The number of anilines is 1. The van der Waals surface area contributed by atoms with Crippen molar-refractivity contribution in [1.29, 1.82) is 0 Å². The zero-order chi connectivity index (χ0) is 17.1. The predicted octanol–water partition coefficient (Wildman–Crippen LogP) is 1.99. The number of aromatic nitrogens is 2. The summed E-state index contributed by atoms with van der Waals surface area (Å²) in [6, 6.07) is 4.09. The van der Waals surface area contributed by atoms with Gasteiger partial charge in [-0.15, -0.1) is 22.7 Å². The number of nitrogens with zero attached hydrogens (tertiary/aromatic N) is 4. The van der Waals surface area contributed by atoms with E-state index in [9.17, 15) is 4.79 Å². The zero-order valence-corrected chi connectivity index (χ0v) is 15.1. The van der Waals surface area contributed by atoms with Gasteiger partial charge in [-0.25, -0.2) is 10.4 Å². The van der Waals surface area contributed by atoms with Crippen LogP contribution in [0.2, 0.25) is 0 Å². The van der Waals surface area contributed by atoms with Gasteiger partial charge in [-0.05, 0) is 12.1 Å². The summed E-state index contributed by atoms with van der Waals surface area (Å²) in [6.45, 7) is 3.36. The Hall–Kier alpha value is -2.23. The highest BCUT2D eigenvalue weighted by Gasteiger charge is 2.12. The van der Waals surface area contributed by atoms with Crippen molar-refractivity contribution < 1.29 is 9.53 Å². The number of fused-ring (bicyclic) bond motifs is 1. The Balaban J connectivity index is 1.30. The van der Waals surface area contributed by atoms with Crippen LogP contribution < -0.4 is 10.3 Å². The topological polar surface area (TPSA) is 71.2 Å². The number of carbonyl (C=O) groups excluding carboxylic acids is 1. The van der Waals surface area contributed by atoms with E-state index in [2.05, 4.69) is 26.5 Å². The number of thiazole rings is 1. The quantitative estimate of drug-likeness (QED) is 0.547. The monoisotopic (exact) mass is 375 g/mol. The van der Waals surface area contributed by atoms with E-state index in [4.69, 9.17) is 4.74 Å². The number of hydrogen-bond acceptors (Lipinski definition) is 7. The van der Waals surface area contributed by atoms with Crippen LogP contribution in [0.5, 0.6) is 0 Å². The molecule has 25 heavy (non-hydrogen) atoms. The number of hydrogen-bond donors (Lipinski definition) is 1. The van der Waals surface area contributed by atoms with E-state index in [1.54, 1.807) is 28.9 Å². The first kappa shape index (κ1) is 16.2. The van der Waals surface area contributed by atoms with Crippen molar-refractivity contribution in [3.05, 3.63) is 40.5 Å². The van der Waals surface area contributed by atoms with Gasteiger partial charge in [-0.1, -0.05) is 0 Å². The fraction of sp³-hybridized carbons (Fsp3) is 0.312. The van der Waals surface area contributed by atoms with Crippen molar-refractivity contribution in [3.8, 4) is 0 Å². The fourth-order valence-corrected chi connectivity index (χ4v) is 4.25. The Morgan fingerprint density at radius 3 is 3.12 bits per heavy atom. The summed E-state index contributed by atoms with van der Waals surface area (Å²) in [5.74, 6) is -0.174. The number of imidazole rings is 1. The maximum atomic E-state index is 12.0. The first-order valence-corrected chi connectivity index (χ1v) is 9.63. The summed E-state index contributed by atoms with van der Waals surface area (Å²) in [5, 5.41) is 7.21. The minimum Gasteiger partial charge on any atom is -0.378 e. The summed E-state index contributed by atoms with van der Waals surface area (Å²) < 4.78 is 7.28. The summed E-state index contributed by atoms with van der Waals surface area (Å²) in [4.78, 5) is 20.5. The Morgan fingerprint density at radius 1 is 1.40 bits per heavy atom. The molecular weight excluding hydrogens is 358 g/mol. The number of nitrogens with one attached hydrogen (secondary N) is 1. The smallest absolute Gasteiger partial charge is 0.246 e. The molecule has 1 aliphatic heterocycles. The van der Waals surface area contributed by atoms with Gasteiger partial charge in [0.15, 0.2) is 4.96 Å². The molecule has 4 heterocycles. The lowest BCUT2D eigenvalue weighted by Gasteiger charge is -2.27. The molecule has 1 N–H and O–H groups in total. The van der Waals surface area contributed by atoms with Gasteiger partial charge in [0, 0.05) is 35.7 Å². The third-order valence-corrected chi connectivity index (χ3v) is 5.65. The van der Waals surface area contributed by atoms with E-state index in [1.165, 1.54) is 5.00 Å². The molecule has 0 aliphatic carbocycles. The second-order valence-corrected chi connectivity index (χ2v) is 7.54. The molecule has 1 saturated heterocycles. The van der Waals surface area contributed by atoms with E-state index >= 15 is 0 Å². The lowest BCUT2D eigenvalue weighted by molar-refractivity contribution is -0.120. The summed E-state index contributed by atoms with van der Waals surface area (Å²) >= 11 is 3.20. The molecule has 0 aromatic carbocycles. The highest BCUT2D eigenvalue weighted by Crippen LogP contribution is 2.25. The van der Waals surface area contributed by atoms with Crippen molar-refractivity contribution in [3.63, 3.8) is 0 Å². The SMILES string of the molecule is O=C(Cc1cn2ccsc2n1)N/N=C\c1ccc(N2CCOCC2)s1. The van der Waals surface area contributed by atoms with Crippen LogP contribution in [-0.4, -0.2) is 47.8 Å². The predicted molar refractivity (Wildman–Crippen MR) is 99.9 cm³/mol. The molecule has 0 unspecified atom stereocenters. The molecule has 9 heteroatoms. The molecule has 7 nitrogen and oxygen atoms in total. The number of amides is 1. The fourth-order valence-electron chi connectivity index (χ4n) is 2.60. The molecule has 0 atom stereocenters. The number of ether oxygens (including phenoxy) is 1. The van der Waals surface area contributed by atoms with Crippen LogP contribution in [0, 0.1) is 0 Å². The van der Waals surface area contributed by atoms with Gasteiger partial charge in [0.05, 0.1) is 36.5 Å². The Morgan fingerprint density at radius 2 is 2.28 bits per heavy atom. The van der Waals surface area contributed by atoms with Gasteiger partial charge < -0.3 is 9.64 Å². The normalized spacial score (nSPS) is 15.3. The Kier molecular flexibility index (Phi) is 4.77. The van der Waals surface area contributed by atoms with Crippen molar-refractivity contribution in [2.24, 2.45) is 5.10 Å². The molecular formula is C16H17N5O2S2. The van der Waals surface area contributed by atoms with Gasteiger partial charge in [-0.3, -0.25) is 9.20 Å². The molecule has 1 aliphatic rings. The average Bonchev–Trinajstić information content (AvgIpc) is 3.32. The van der Waals surface area contributed by atoms with Gasteiger partial charge in [0.1, 0.15) is 0 Å². The van der Waals surface area contributed by atoms with Crippen molar-refractivity contribution in [2.75, 3.05) is 31.2 Å². The molecule has 3 aromatic rings. The highest BCUT2D eigenvalue weighted by atomic mass is 32.1. The van der Waals surface area contributed by atoms with E-state index in [0.29, 0.717) is 0 Å². The molecule has 1 fully saturated rings. The standard InChI is InChI=1S/C16H17N5O2S2/c22-14(9-12-11-21-5-8-24-16(21)18-12)19-17-10-13-1-2-15(25-13)20-3-6-23-7-4-20/h1-2,5,8,10-11H,3-4,6-7,9H2,(H,19,22)/b17-10-. The number of rotatable bonds is 5. The maximum absolute atomic E-state index is 12.0. The highest BCUT2D eigenvalue weighted by molar-refractivity contribution is 7.17. The lowest BCUT2D eigenvalue weighted by atomic mass is 10.3. The van der Waals surface area contributed by atoms with Crippen molar-refractivity contribution in [2.45, 2.75) is 6.42 Å². The third-order valence-electron chi connectivity index (χ3n) is 3.80. The largest absolute Gasteiger partial charge is 0.378 e. The van der Waals surface area contributed by atoms with Crippen LogP contribution in [0.15, 0.2) is 35.0 Å². The summed E-state index contributed by atoms with van der Waals surface area (Å²) in [7, 11) is 0. The van der Waals surface area contributed by atoms with Crippen LogP contribution in [0.3, 0.4) is 0 Å². The number of thiophene rings is 1. The minimum absolute atomic E-state index is 0.174. The van der Waals surface area contributed by atoms with Crippen LogP contribution in [0.25, 0.3) is 4.96 Å². The van der Waals surface area contributed by atoms with Crippen LogP contribution in [-0.2, 0) is 16.0 Å². The molecule has 3 aromatic heterocycles. The van der Waals surface area contributed by atoms with Crippen LogP contribution >= 0.6 is 22.7 Å². The second-order valence-electron chi connectivity index (χ2n) is 5.57. The molecule has 1 amide bonds. The minimum atomic E-state index is -0.174. The van der Waals surface area contributed by atoms with Crippen LogP contribution in [0.1, 0.15) is 10.6 Å². The number of carbonyl (C=O) groups is 1.